The first-order chi connectivity index (χ1) is 9.70. The summed E-state index contributed by atoms with van der Waals surface area (Å²) >= 11 is 7.45. The van der Waals surface area contributed by atoms with Crippen molar-refractivity contribution in [2.45, 2.75) is 6.54 Å². The molecule has 1 amide bonds. The fraction of sp³-hybridized carbons (Fsp3) is 0.429. The minimum atomic E-state index is -0.00593. The number of rotatable bonds is 2. The minimum Gasteiger partial charge on any atom is -0.349 e. The van der Waals surface area contributed by atoms with Gasteiger partial charge in [0.1, 0.15) is 0 Å². The zero-order chi connectivity index (χ0) is 13.9. The van der Waals surface area contributed by atoms with Gasteiger partial charge in [0, 0.05) is 37.7 Å². The Morgan fingerprint density at radius 2 is 1.85 bits per heavy atom. The monoisotopic (exact) mass is 309 g/mol. The van der Waals surface area contributed by atoms with Crippen LogP contribution in [0.3, 0.4) is 0 Å². The first-order valence-electron chi connectivity index (χ1n) is 6.67. The topological polar surface area (TPSA) is 35.9 Å². The molecule has 3 rings (SSSR count). The van der Waals surface area contributed by atoms with Crippen LogP contribution in [0.2, 0.25) is 5.02 Å². The Bertz CT molecular complexity index is 524. The summed E-state index contributed by atoms with van der Waals surface area (Å²) in [5.41, 5.74) is 1.28. The smallest absolute Gasteiger partial charge is 0.258 e. The van der Waals surface area contributed by atoms with Crippen LogP contribution in [0.25, 0.3) is 0 Å². The molecular weight excluding hydrogens is 294 g/mol. The van der Waals surface area contributed by atoms with E-state index in [4.69, 9.17) is 11.6 Å². The molecule has 0 saturated carbocycles. The van der Waals surface area contributed by atoms with E-state index in [1.165, 1.54) is 5.56 Å². The average molecular weight is 310 g/mol. The van der Waals surface area contributed by atoms with E-state index >= 15 is 0 Å². The van der Waals surface area contributed by atoms with Crippen LogP contribution in [-0.2, 0) is 11.3 Å². The molecule has 0 radical (unpaired) electrons. The van der Waals surface area contributed by atoms with Gasteiger partial charge in [-0.15, -0.1) is 0 Å². The second-order valence-electron chi connectivity index (χ2n) is 4.97. The molecule has 0 atom stereocenters. The normalized spacial score (nSPS) is 20.4. The number of nitrogens with zero attached hydrogens (tertiary/aromatic N) is 3. The van der Waals surface area contributed by atoms with Crippen molar-refractivity contribution in [3.8, 4) is 0 Å². The molecule has 0 spiro atoms. The predicted octanol–water partition coefficient (Wildman–Crippen LogP) is 2.09. The van der Waals surface area contributed by atoms with Gasteiger partial charge in [0.2, 0.25) is 0 Å². The summed E-state index contributed by atoms with van der Waals surface area (Å²) in [4.78, 5) is 19.9. The van der Waals surface area contributed by atoms with Gasteiger partial charge in [-0.2, -0.15) is 4.99 Å². The molecule has 4 nitrogen and oxygen atoms in total. The number of amides is 1. The van der Waals surface area contributed by atoms with Gasteiger partial charge in [-0.3, -0.25) is 9.69 Å². The van der Waals surface area contributed by atoms with Crippen LogP contribution in [0.15, 0.2) is 29.3 Å². The fourth-order valence-electron chi connectivity index (χ4n) is 2.40. The van der Waals surface area contributed by atoms with Crippen LogP contribution >= 0.6 is 23.4 Å². The number of hydrogen-bond acceptors (Lipinski definition) is 4. The molecule has 0 bridgehead atoms. The third kappa shape index (κ3) is 3.34. The van der Waals surface area contributed by atoms with Crippen molar-refractivity contribution in [2.75, 3.05) is 31.9 Å². The van der Waals surface area contributed by atoms with Crippen molar-refractivity contribution in [2.24, 2.45) is 4.99 Å². The summed E-state index contributed by atoms with van der Waals surface area (Å²) in [5.74, 6) is 0.494. The van der Waals surface area contributed by atoms with Crippen molar-refractivity contribution < 1.29 is 4.79 Å². The molecule has 0 N–H and O–H groups in total. The molecule has 20 heavy (non-hydrogen) atoms. The molecule has 2 aliphatic rings. The van der Waals surface area contributed by atoms with Gasteiger partial charge in [0.05, 0.1) is 5.75 Å². The lowest BCUT2D eigenvalue weighted by atomic mass is 10.2. The number of thioether (sulfide) groups is 1. The van der Waals surface area contributed by atoms with Crippen LogP contribution in [0.5, 0.6) is 0 Å². The molecule has 0 aliphatic carbocycles. The Balaban J connectivity index is 1.52. The highest BCUT2D eigenvalue weighted by Crippen LogP contribution is 2.19. The first-order valence-corrected chi connectivity index (χ1v) is 8.03. The number of carbonyl (C=O) groups is 1. The molecule has 1 saturated heterocycles. The Kier molecular flexibility index (Phi) is 4.29. The molecule has 106 valence electrons. The number of hydrogen-bond donors (Lipinski definition) is 0. The summed E-state index contributed by atoms with van der Waals surface area (Å²) in [6.45, 7) is 4.82. The summed E-state index contributed by atoms with van der Waals surface area (Å²) in [5, 5.41) is 1.68. The van der Waals surface area contributed by atoms with Gasteiger partial charge in [0.15, 0.2) is 5.17 Å². The van der Waals surface area contributed by atoms with E-state index in [2.05, 4.69) is 26.9 Å². The Morgan fingerprint density at radius 1 is 1.15 bits per heavy atom. The van der Waals surface area contributed by atoms with Crippen molar-refractivity contribution >= 4 is 34.4 Å². The van der Waals surface area contributed by atoms with Crippen LogP contribution in [0.4, 0.5) is 0 Å². The molecule has 6 heteroatoms. The van der Waals surface area contributed by atoms with E-state index in [1.807, 2.05) is 12.1 Å². The van der Waals surface area contributed by atoms with E-state index < -0.39 is 0 Å². The fourth-order valence-corrected chi connectivity index (χ4v) is 3.38. The maximum atomic E-state index is 11.2. The number of halogens is 1. The zero-order valence-electron chi connectivity index (χ0n) is 11.1. The van der Waals surface area contributed by atoms with Crippen molar-refractivity contribution in [3.63, 3.8) is 0 Å². The Morgan fingerprint density at radius 3 is 2.45 bits per heavy atom. The number of benzene rings is 1. The van der Waals surface area contributed by atoms with Crippen LogP contribution in [0.1, 0.15) is 5.56 Å². The molecule has 2 aliphatic heterocycles. The van der Waals surface area contributed by atoms with E-state index in [1.54, 1.807) is 11.8 Å². The number of carbonyl (C=O) groups excluding carboxylic acids is 1. The highest BCUT2D eigenvalue weighted by molar-refractivity contribution is 8.14. The Labute approximate surface area is 127 Å². The molecule has 1 aromatic carbocycles. The lowest BCUT2D eigenvalue weighted by molar-refractivity contribution is -0.115. The highest BCUT2D eigenvalue weighted by atomic mass is 35.5. The molecular formula is C14H16ClN3OS. The van der Waals surface area contributed by atoms with Gasteiger partial charge in [0.25, 0.3) is 5.91 Å². The van der Waals surface area contributed by atoms with Gasteiger partial charge in [-0.05, 0) is 17.7 Å². The third-order valence-corrected chi connectivity index (χ3v) is 4.76. The quantitative estimate of drug-likeness (QED) is 0.838. The number of amidine groups is 1. The number of aliphatic imine (C=N–C) groups is 1. The predicted molar refractivity (Wildman–Crippen MR) is 83.2 cm³/mol. The lowest BCUT2D eigenvalue weighted by Crippen LogP contribution is -2.47. The first kappa shape index (κ1) is 13.9. The Hall–Kier alpha value is -1.04. The van der Waals surface area contributed by atoms with Crippen molar-refractivity contribution in [3.05, 3.63) is 34.9 Å². The van der Waals surface area contributed by atoms with E-state index in [-0.39, 0.29) is 5.91 Å². The van der Waals surface area contributed by atoms with Gasteiger partial charge >= 0.3 is 0 Å². The second kappa shape index (κ2) is 6.16. The summed E-state index contributed by atoms with van der Waals surface area (Å²) in [7, 11) is 0. The average Bonchev–Trinajstić information content (AvgIpc) is 2.89. The van der Waals surface area contributed by atoms with Gasteiger partial charge in [-0.25, -0.2) is 0 Å². The van der Waals surface area contributed by atoms with E-state index in [0.717, 1.165) is 42.9 Å². The van der Waals surface area contributed by atoms with E-state index in [0.29, 0.717) is 5.75 Å². The van der Waals surface area contributed by atoms with Crippen LogP contribution in [0, 0.1) is 0 Å². The van der Waals surface area contributed by atoms with Gasteiger partial charge in [-0.1, -0.05) is 35.5 Å². The van der Waals surface area contributed by atoms with Crippen molar-refractivity contribution in [1.82, 2.24) is 9.80 Å². The summed E-state index contributed by atoms with van der Waals surface area (Å²) in [6, 6.07) is 8.01. The summed E-state index contributed by atoms with van der Waals surface area (Å²) < 4.78 is 0. The maximum absolute atomic E-state index is 11.2. The molecule has 0 unspecified atom stereocenters. The summed E-state index contributed by atoms with van der Waals surface area (Å²) in [6.07, 6.45) is 0. The highest BCUT2D eigenvalue weighted by Gasteiger charge is 2.24. The maximum Gasteiger partial charge on any atom is 0.258 e. The van der Waals surface area contributed by atoms with E-state index in [9.17, 15) is 4.79 Å². The van der Waals surface area contributed by atoms with Crippen LogP contribution in [-0.4, -0.2) is 52.8 Å². The SMILES string of the molecule is O=C1CSC(N2CCN(Cc3ccc(Cl)cc3)CC2)=N1. The molecule has 1 fully saturated rings. The third-order valence-electron chi connectivity index (χ3n) is 3.51. The molecule has 2 heterocycles. The lowest BCUT2D eigenvalue weighted by Gasteiger charge is -2.35. The number of piperazine rings is 1. The van der Waals surface area contributed by atoms with Crippen molar-refractivity contribution in [1.29, 1.82) is 0 Å². The second-order valence-corrected chi connectivity index (χ2v) is 6.35. The molecule has 0 aromatic heterocycles. The standard InChI is InChI=1S/C14H16ClN3OS/c15-12-3-1-11(2-4-12)9-17-5-7-18(8-6-17)14-16-13(19)10-20-14/h1-4H,5-10H2. The zero-order valence-corrected chi connectivity index (χ0v) is 12.7. The van der Waals surface area contributed by atoms with Crippen LogP contribution < -0.4 is 0 Å². The molecule has 1 aromatic rings. The minimum absolute atomic E-state index is 0.00593. The van der Waals surface area contributed by atoms with Gasteiger partial charge < -0.3 is 4.90 Å². The largest absolute Gasteiger partial charge is 0.349 e.